The van der Waals surface area contributed by atoms with Crippen molar-refractivity contribution in [1.29, 1.82) is 0 Å². The van der Waals surface area contributed by atoms with Crippen LogP contribution in [0.3, 0.4) is 0 Å². The Hall–Kier alpha value is -0.780. The summed E-state index contributed by atoms with van der Waals surface area (Å²) in [4.78, 5) is 10.6. The Kier molecular flexibility index (Phi) is 3.21. The summed E-state index contributed by atoms with van der Waals surface area (Å²) in [5, 5.41) is 5.43. The second-order valence-electron chi connectivity index (χ2n) is 4.75. The molecule has 3 nitrogen and oxygen atoms in total. The fourth-order valence-electron chi connectivity index (χ4n) is 2.21. The van der Waals surface area contributed by atoms with E-state index in [1.807, 2.05) is 0 Å². The predicted octanol–water partition coefficient (Wildman–Crippen LogP) is 3.69. The van der Waals surface area contributed by atoms with Crippen molar-refractivity contribution >= 4 is 27.3 Å². The van der Waals surface area contributed by atoms with Crippen molar-refractivity contribution in [3.8, 4) is 10.7 Å². The van der Waals surface area contributed by atoms with Crippen LogP contribution in [-0.4, -0.2) is 9.97 Å². The van der Waals surface area contributed by atoms with Gasteiger partial charge >= 0.3 is 0 Å². The van der Waals surface area contributed by atoms with Crippen LogP contribution in [0.25, 0.3) is 10.7 Å². The van der Waals surface area contributed by atoms with Crippen molar-refractivity contribution in [2.75, 3.05) is 0 Å². The minimum absolute atomic E-state index is 0.434. The van der Waals surface area contributed by atoms with E-state index in [1.165, 1.54) is 11.3 Å². The molecule has 0 atom stereocenters. The Morgan fingerprint density at radius 1 is 1.33 bits per heavy atom. The number of aromatic nitrogens is 2. The van der Waals surface area contributed by atoms with Crippen LogP contribution in [0.2, 0.25) is 0 Å². The minimum Gasteiger partial charge on any atom is -0.307 e. The highest BCUT2D eigenvalue weighted by Gasteiger charge is 2.21. The molecule has 0 amide bonds. The van der Waals surface area contributed by atoms with Gasteiger partial charge in [0.25, 0.3) is 0 Å². The number of fused-ring (bicyclic) bond motifs is 1. The first-order valence-electron chi connectivity index (χ1n) is 6.00. The highest BCUT2D eigenvalue weighted by atomic mass is 79.9. The summed E-state index contributed by atoms with van der Waals surface area (Å²) in [5.74, 6) is 1.29. The van der Waals surface area contributed by atoms with Crippen molar-refractivity contribution in [1.82, 2.24) is 15.3 Å². The third kappa shape index (κ3) is 2.11. The minimum atomic E-state index is 0.434. The molecule has 0 bridgehead atoms. The molecule has 1 aliphatic rings. The summed E-state index contributed by atoms with van der Waals surface area (Å²) >= 11 is 5.16. The number of thiophene rings is 1. The number of hydrogen-bond acceptors (Lipinski definition) is 4. The van der Waals surface area contributed by atoms with Gasteiger partial charge in [-0.15, -0.1) is 11.3 Å². The first-order valence-corrected chi connectivity index (χ1v) is 7.67. The number of hydrogen-bond donors (Lipinski definition) is 1. The van der Waals surface area contributed by atoms with Crippen LogP contribution in [0.4, 0.5) is 0 Å². The SMILES string of the molecule is CC(C)c1nc(-c2cc(Br)cs2)nc2c1CNC2. The topological polar surface area (TPSA) is 37.8 Å². The molecule has 0 radical (unpaired) electrons. The molecule has 2 aromatic heterocycles. The number of rotatable bonds is 2. The lowest BCUT2D eigenvalue weighted by atomic mass is 10.0. The molecule has 5 heteroatoms. The Balaban J connectivity index is 2.14. The highest BCUT2D eigenvalue weighted by Crippen LogP contribution is 2.31. The van der Waals surface area contributed by atoms with Gasteiger partial charge in [-0.05, 0) is 27.9 Å². The summed E-state index contributed by atoms with van der Waals surface area (Å²) in [6.07, 6.45) is 0. The fourth-order valence-corrected chi connectivity index (χ4v) is 3.57. The number of halogens is 1. The van der Waals surface area contributed by atoms with Crippen molar-refractivity contribution in [3.63, 3.8) is 0 Å². The molecule has 0 fully saturated rings. The van der Waals surface area contributed by atoms with E-state index in [0.717, 1.165) is 34.0 Å². The van der Waals surface area contributed by atoms with Crippen molar-refractivity contribution < 1.29 is 0 Å². The van der Waals surface area contributed by atoms with Crippen LogP contribution in [0, 0.1) is 0 Å². The lowest BCUT2D eigenvalue weighted by Gasteiger charge is -2.11. The maximum absolute atomic E-state index is 4.77. The Morgan fingerprint density at radius 3 is 2.83 bits per heavy atom. The maximum Gasteiger partial charge on any atom is 0.170 e. The molecule has 0 unspecified atom stereocenters. The fraction of sp³-hybridized carbons (Fsp3) is 0.385. The van der Waals surface area contributed by atoms with Crippen LogP contribution in [0.15, 0.2) is 15.9 Å². The molecular weight excluding hydrogens is 310 g/mol. The van der Waals surface area contributed by atoms with Crippen molar-refractivity contribution in [2.24, 2.45) is 0 Å². The summed E-state index contributed by atoms with van der Waals surface area (Å²) in [5.41, 5.74) is 3.64. The van der Waals surface area contributed by atoms with E-state index < -0.39 is 0 Å². The first kappa shape index (κ1) is 12.3. The van der Waals surface area contributed by atoms with Crippen molar-refractivity contribution in [3.05, 3.63) is 32.9 Å². The van der Waals surface area contributed by atoms with Gasteiger partial charge < -0.3 is 5.32 Å². The summed E-state index contributed by atoms with van der Waals surface area (Å²) in [6, 6.07) is 2.08. The van der Waals surface area contributed by atoms with Gasteiger partial charge in [-0.25, -0.2) is 9.97 Å². The normalized spacial score (nSPS) is 14.2. The van der Waals surface area contributed by atoms with Crippen LogP contribution < -0.4 is 5.32 Å². The van der Waals surface area contributed by atoms with E-state index in [9.17, 15) is 0 Å². The van der Waals surface area contributed by atoms with E-state index in [1.54, 1.807) is 11.3 Å². The van der Waals surface area contributed by atoms with Gasteiger partial charge in [0.1, 0.15) is 0 Å². The number of nitrogens with zero attached hydrogens (tertiary/aromatic N) is 2. The van der Waals surface area contributed by atoms with E-state index in [2.05, 4.69) is 46.5 Å². The Labute approximate surface area is 119 Å². The molecule has 94 valence electrons. The van der Waals surface area contributed by atoms with E-state index in [0.29, 0.717) is 5.92 Å². The zero-order chi connectivity index (χ0) is 12.7. The third-order valence-electron chi connectivity index (χ3n) is 3.05. The standard InChI is InChI=1S/C13H14BrN3S/c1-7(2)12-9-4-15-5-10(9)16-13(17-12)11-3-8(14)6-18-11/h3,6-7,15H,4-5H2,1-2H3. The zero-order valence-electron chi connectivity index (χ0n) is 10.3. The molecule has 3 rings (SSSR count). The van der Waals surface area contributed by atoms with Gasteiger partial charge in [0.05, 0.1) is 16.3 Å². The monoisotopic (exact) mass is 323 g/mol. The van der Waals surface area contributed by atoms with Crippen LogP contribution in [-0.2, 0) is 13.1 Å². The molecule has 1 N–H and O–H groups in total. The summed E-state index contributed by atoms with van der Waals surface area (Å²) < 4.78 is 1.09. The second-order valence-corrected chi connectivity index (χ2v) is 6.57. The van der Waals surface area contributed by atoms with Gasteiger partial charge in [0, 0.05) is 28.5 Å². The average molecular weight is 324 g/mol. The Morgan fingerprint density at radius 2 is 2.17 bits per heavy atom. The maximum atomic E-state index is 4.77. The lowest BCUT2D eigenvalue weighted by Crippen LogP contribution is -2.04. The molecule has 2 aromatic rings. The van der Waals surface area contributed by atoms with E-state index in [-0.39, 0.29) is 0 Å². The number of nitrogens with one attached hydrogen (secondary N) is 1. The smallest absolute Gasteiger partial charge is 0.170 e. The van der Waals surface area contributed by atoms with Gasteiger partial charge in [-0.1, -0.05) is 13.8 Å². The van der Waals surface area contributed by atoms with Gasteiger partial charge in [0.2, 0.25) is 0 Å². The molecule has 0 aliphatic carbocycles. The third-order valence-corrected chi connectivity index (χ3v) is 4.74. The molecule has 0 saturated carbocycles. The van der Waals surface area contributed by atoms with Gasteiger partial charge in [0.15, 0.2) is 5.82 Å². The Bertz CT molecular complexity index is 592. The molecule has 1 aliphatic heterocycles. The van der Waals surface area contributed by atoms with E-state index in [4.69, 9.17) is 9.97 Å². The summed E-state index contributed by atoms with van der Waals surface area (Å²) in [6.45, 7) is 6.14. The highest BCUT2D eigenvalue weighted by molar-refractivity contribution is 9.10. The predicted molar refractivity (Wildman–Crippen MR) is 77.7 cm³/mol. The van der Waals surface area contributed by atoms with Crippen LogP contribution >= 0.6 is 27.3 Å². The largest absolute Gasteiger partial charge is 0.307 e. The van der Waals surface area contributed by atoms with Crippen LogP contribution in [0.1, 0.15) is 36.7 Å². The van der Waals surface area contributed by atoms with Crippen LogP contribution in [0.5, 0.6) is 0 Å². The first-order chi connectivity index (χ1) is 8.65. The molecule has 0 aromatic carbocycles. The molecule has 0 saturated heterocycles. The zero-order valence-corrected chi connectivity index (χ0v) is 12.7. The van der Waals surface area contributed by atoms with Gasteiger partial charge in [-0.2, -0.15) is 0 Å². The molecular formula is C13H14BrN3S. The van der Waals surface area contributed by atoms with Crippen molar-refractivity contribution in [2.45, 2.75) is 32.9 Å². The average Bonchev–Trinajstić information content (AvgIpc) is 2.95. The van der Waals surface area contributed by atoms with E-state index >= 15 is 0 Å². The second kappa shape index (κ2) is 4.72. The summed E-state index contributed by atoms with van der Waals surface area (Å²) in [7, 11) is 0. The molecule has 0 spiro atoms. The van der Waals surface area contributed by atoms with Gasteiger partial charge in [-0.3, -0.25) is 0 Å². The molecule has 18 heavy (non-hydrogen) atoms. The molecule has 3 heterocycles. The lowest BCUT2D eigenvalue weighted by molar-refractivity contribution is 0.746. The quantitative estimate of drug-likeness (QED) is 0.915.